The third-order valence-corrected chi connectivity index (χ3v) is 3.30. The second-order valence-electron chi connectivity index (χ2n) is 4.32. The summed E-state index contributed by atoms with van der Waals surface area (Å²) in [6, 6.07) is 8.38. The molecule has 0 amide bonds. The van der Waals surface area contributed by atoms with Crippen LogP contribution in [-0.4, -0.2) is 17.8 Å². The number of aliphatic hydroxyl groups excluding tert-OH is 1. The summed E-state index contributed by atoms with van der Waals surface area (Å²) in [4.78, 5) is 0. The van der Waals surface area contributed by atoms with Crippen molar-refractivity contribution in [1.82, 2.24) is 0 Å². The van der Waals surface area contributed by atoms with Crippen LogP contribution in [0.2, 0.25) is 0 Å². The monoisotopic (exact) mass is 221 g/mol. The van der Waals surface area contributed by atoms with Crippen LogP contribution < -0.4 is 5.32 Å². The summed E-state index contributed by atoms with van der Waals surface area (Å²) in [5.41, 5.74) is 2.36. The second kappa shape index (κ2) is 6.54. The van der Waals surface area contributed by atoms with Crippen molar-refractivity contribution < 1.29 is 5.11 Å². The highest BCUT2D eigenvalue weighted by Crippen LogP contribution is 2.20. The topological polar surface area (TPSA) is 32.3 Å². The Morgan fingerprint density at radius 2 is 1.81 bits per heavy atom. The number of para-hydroxylation sites is 1. The number of aryl methyl sites for hydroxylation is 1. The predicted octanol–water partition coefficient (Wildman–Crippen LogP) is 3.20. The Labute approximate surface area is 98.7 Å². The van der Waals surface area contributed by atoms with Crippen molar-refractivity contribution >= 4 is 5.69 Å². The smallest absolute Gasteiger partial charge is 0.0635 e. The maximum atomic E-state index is 9.45. The van der Waals surface area contributed by atoms with Gasteiger partial charge in [-0.25, -0.2) is 0 Å². The van der Waals surface area contributed by atoms with E-state index in [4.69, 9.17) is 0 Å². The van der Waals surface area contributed by atoms with Gasteiger partial charge in [0.05, 0.1) is 12.6 Å². The summed E-state index contributed by atoms with van der Waals surface area (Å²) in [5.74, 6) is 0.532. The Morgan fingerprint density at radius 3 is 2.31 bits per heavy atom. The van der Waals surface area contributed by atoms with E-state index in [2.05, 4.69) is 38.2 Å². The highest BCUT2D eigenvalue weighted by Gasteiger charge is 2.17. The normalized spacial score (nSPS) is 12.8. The largest absolute Gasteiger partial charge is 0.394 e. The minimum atomic E-state index is 0.163. The molecule has 0 radical (unpaired) electrons. The molecule has 2 heteroatoms. The van der Waals surface area contributed by atoms with E-state index >= 15 is 0 Å². The predicted molar refractivity (Wildman–Crippen MR) is 69.7 cm³/mol. The van der Waals surface area contributed by atoms with Gasteiger partial charge in [0.25, 0.3) is 0 Å². The Kier molecular flexibility index (Phi) is 5.33. The molecular weight excluding hydrogens is 198 g/mol. The van der Waals surface area contributed by atoms with E-state index in [0.717, 1.165) is 18.5 Å². The summed E-state index contributed by atoms with van der Waals surface area (Å²) < 4.78 is 0. The van der Waals surface area contributed by atoms with Crippen LogP contribution in [0.15, 0.2) is 24.3 Å². The number of rotatable bonds is 6. The number of aliphatic hydroxyl groups is 1. The molecule has 2 nitrogen and oxygen atoms in total. The van der Waals surface area contributed by atoms with Gasteiger partial charge in [0.2, 0.25) is 0 Å². The molecule has 0 aliphatic rings. The van der Waals surface area contributed by atoms with Gasteiger partial charge >= 0.3 is 0 Å². The summed E-state index contributed by atoms with van der Waals surface area (Å²) >= 11 is 0. The Hall–Kier alpha value is -1.02. The molecule has 0 aliphatic heterocycles. The fourth-order valence-corrected chi connectivity index (χ4v) is 2.10. The fraction of sp³-hybridized carbons (Fsp3) is 0.571. The molecule has 0 fully saturated rings. The molecule has 0 aliphatic carbocycles. The molecule has 0 saturated carbocycles. The van der Waals surface area contributed by atoms with Crippen molar-refractivity contribution in [2.24, 2.45) is 5.92 Å². The zero-order valence-electron chi connectivity index (χ0n) is 10.5. The minimum absolute atomic E-state index is 0.163. The van der Waals surface area contributed by atoms with Crippen LogP contribution in [0, 0.1) is 12.8 Å². The average molecular weight is 221 g/mol. The molecule has 0 saturated heterocycles. The molecule has 16 heavy (non-hydrogen) atoms. The first-order valence-electron chi connectivity index (χ1n) is 6.15. The van der Waals surface area contributed by atoms with Gasteiger partial charge < -0.3 is 10.4 Å². The number of benzene rings is 1. The lowest BCUT2D eigenvalue weighted by Crippen LogP contribution is -2.32. The highest BCUT2D eigenvalue weighted by atomic mass is 16.3. The molecular formula is C14H23NO. The minimum Gasteiger partial charge on any atom is -0.394 e. The third-order valence-electron chi connectivity index (χ3n) is 3.30. The van der Waals surface area contributed by atoms with Crippen LogP contribution in [0.4, 0.5) is 5.69 Å². The highest BCUT2D eigenvalue weighted by molar-refractivity contribution is 5.51. The Morgan fingerprint density at radius 1 is 1.19 bits per heavy atom. The second-order valence-corrected chi connectivity index (χ2v) is 4.32. The maximum Gasteiger partial charge on any atom is 0.0635 e. The molecule has 0 aromatic heterocycles. The quantitative estimate of drug-likeness (QED) is 0.773. The van der Waals surface area contributed by atoms with E-state index in [-0.39, 0.29) is 12.6 Å². The number of nitrogens with one attached hydrogen (secondary N) is 1. The van der Waals surface area contributed by atoms with Crippen molar-refractivity contribution in [3.8, 4) is 0 Å². The van der Waals surface area contributed by atoms with Crippen molar-refractivity contribution in [1.29, 1.82) is 0 Å². The zero-order valence-corrected chi connectivity index (χ0v) is 10.5. The van der Waals surface area contributed by atoms with Crippen LogP contribution >= 0.6 is 0 Å². The number of hydrogen-bond donors (Lipinski definition) is 2. The van der Waals surface area contributed by atoms with Gasteiger partial charge in [0.15, 0.2) is 0 Å². The van der Waals surface area contributed by atoms with Crippen LogP contribution in [0.25, 0.3) is 0 Å². The van der Waals surface area contributed by atoms with Gasteiger partial charge in [-0.05, 0) is 24.5 Å². The lowest BCUT2D eigenvalue weighted by atomic mass is 9.94. The van der Waals surface area contributed by atoms with E-state index in [1.807, 2.05) is 12.1 Å². The van der Waals surface area contributed by atoms with Gasteiger partial charge in [-0.1, -0.05) is 44.9 Å². The molecule has 0 bridgehead atoms. The zero-order chi connectivity index (χ0) is 12.0. The maximum absolute atomic E-state index is 9.45. The molecule has 1 unspecified atom stereocenters. The molecule has 0 heterocycles. The van der Waals surface area contributed by atoms with Crippen LogP contribution in [-0.2, 0) is 0 Å². The van der Waals surface area contributed by atoms with Crippen LogP contribution in [0.5, 0.6) is 0 Å². The lowest BCUT2D eigenvalue weighted by molar-refractivity contribution is 0.231. The van der Waals surface area contributed by atoms with Crippen LogP contribution in [0.3, 0.4) is 0 Å². The van der Waals surface area contributed by atoms with Gasteiger partial charge in [-0.15, -0.1) is 0 Å². The standard InChI is InChI=1S/C14H23NO/c1-4-12(5-2)14(10-16)15-13-9-7-6-8-11(13)3/h6-9,12,14-16H,4-5,10H2,1-3H3. The van der Waals surface area contributed by atoms with Gasteiger partial charge in [0.1, 0.15) is 0 Å². The first-order chi connectivity index (χ1) is 7.72. The molecule has 2 N–H and O–H groups in total. The fourth-order valence-electron chi connectivity index (χ4n) is 2.10. The van der Waals surface area contributed by atoms with Gasteiger partial charge in [-0.3, -0.25) is 0 Å². The summed E-state index contributed by atoms with van der Waals surface area (Å²) in [7, 11) is 0. The Bertz CT molecular complexity index is 307. The van der Waals surface area contributed by atoms with Crippen LogP contribution in [0.1, 0.15) is 32.3 Å². The lowest BCUT2D eigenvalue weighted by Gasteiger charge is -2.26. The van der Waals surface area contributed by atoms with Crippen molar-refractivity contribution in [3.63, 3.8) is 0 Å². The van der Waals surface area contributed by atoms with Gasteiger partial charge in [0, 0.05) is 5.69 Å². The molecule has 1 aromatic rings. The Balaban J connectivity index is 2.73. The van der Waals surface area contributed by atoms with E-state index in [9.17, 15) is 5.11 Å². The molecule has 1 aromatic carbocycles. The van der Waals surface area contributed by atoms with Crippen molar-refractivity contribution in [2.75, 3.05) is 11.9 Å². The number of hydrogen-bond acceptors (Lipinski definition) is 2. The molecule has 90 valence electrons. The van der Waals surface area contributed by atoms with Gasteiger partial charge in [-0.2, -0.15) is 0 Å². The summed E-state index contributed by atoms with van der Waals surface area (Å²) in [6.45, 7) is 6.64. The average Bonchev–Trinajstić information content (AvgIpc) is 2.31. The van der Waals surface area contributed by atoms with Crippen molar-refractivity contribution in [2.45, 2.75) is 39.7 Å². The van der Waals surface area contributed by atoms with E-state index in [1.165, 1.54) is 5.56 Å². The first-order valence-corrected chi connectivity index (χ1v) is 6.15. The van der Waals surface area contributed by atoms with E-state index < -0.39 is 0 Å². The first kappa shape index (κ1) is 13.0. The number of anilines is 1. The molecule has 1 rings (SSSR count). The molecule has 0 spiro atoms. The third kappa shape index (κ3) is 3.24. The summed E-state index contributed by atoms with van der Waals surface area (Å²) in [6.07, 6.45) is 2.20. The van der Waals surface area contributed by atoms with Crippen molar-refractivity contribution in [3.05, 3.63) is 29.8 Å². The summed E-state index contributed by atoms with van der Waals surface area (Å²) in [5, 5.41) is 12.9. The molecule has 1 atom stereocenters. The SMILES string of the molecule is CCC(CC)C(CO)Nc1ccccc1C. The van der Waals surface area contributed by atoms with E-state index in [0.29, 0.717) is 5.92 Å². The van der Waals surface area contributed by atoms with E-state index in [1.54, 1.807) is 0 Å².